The van der Waals surface area contributed by atoms with Crippen LogP contribution < -0.4 is 5.73 Å². The van der Waals surface area contributed by atoms with Crippen LogP contribution in [0.15, 0.2) is 18.2 Å². The van der Waals surface area contributed by atoms with Crippen molar-refractivity contribution in [2.24, 2.45) is 0 Å². The lowest BCUT2D eigenvalue weighted by atomic mass is 10.1. The lowest BCUT2D eigenvalue weighted by Gasteiger charge is -1.98. The molecular formula is C10H7ClN2S. The van der Waals surface area contributed by atoms with Gasteiger partial charge in [-0.25, -0.2) is 0 Å². The molecule has 0 aliphatic rings. The summed E-state index contributed by atoms with van der Waals surface area (Å²) in [6.07, 6.45) is 0. The maximum absolute atomic E-state index is 8.89. The van der Waals surface area contributed by atoms with Crippen molar-refractivity contribution >= 4 is 38.0 Å². The number of hydrogen-bond acceptors (Lipinski definition) is 3. The lowest BCUT2D eigenvalue weighted by Crippen LogP contribution is -1.81. The van der Waals surface area contributed by atoms with Gasteiger partial charge in [-0.3, -0.25) is 0 Å². The molecule has 70 valence electrons. The monoisotopic (exact) mass is 222 g/mol. The third-order valence-electron chi connectivity index (χ3n) is 2.05. The van der Waals surface area contributed by atoms with Crippen LogP contribution in [0.25, 0.3) is 10.1 Å². The average Bonchev–Trinajstić information content (AvgIpc) is 2.57. The van der Waals surface area contributed by atoms with Crippen molar-refractivity contribution in [3.05, 3.63) is 29.3 Å². The predicted molar refractivity (Wildman–Crippen MR) is 60.5 cm³/mol. The van der Waals surface area contributed by atoms with E-state index in [-0.39, 0.29) is 0 Å². The summed E-state index contributed by atoms with van der Waals surface area (Å²) in [4.78, 5) is 0. The molecule has 0 radical (unpaired) electrons. The maximum atomic E-state index is 8.89. The lowest BCUT2D eigenvalue weighted by molar-refractivity contribution is 1.45. The minimum absolute atomic E-state index is 0.447. The highest BCUT2D eigenvalue weighted by Crippen LogP contribution is 2.33. The first-order valence-electron chi connectivity index (χ1n) is 4.03. The molecule has 2 rings (SSSR count). The molecule has 0 atom stereocenters. The number of halogens is 1. The van der Waals surface area contributed by atoms with Crippen LogP contribution in [0.3, 0.4) is 0 Å². The van der Waals surface area contributed by atoms with E-state index in [1.807, 2.05) is 12.1 Å². The molecule has 0 amide bonds. The highest BCUT2D eigenvalue weighted by atomic mass is 35.5. The van der Waals surface area contributed by atoms with Gasteiger partial charge in [0.1, 0.15) is 0 Å². The molecule has 1 heterocycles. The van der Waals surface area contributed by atoms with Crippen LogP contribution in [-0.2, 0) is 5.88 Å². The van der Waals surface area contributed by atoms with E-state index in [0.717, 1.165) is 15.6 Å². The number of alkyl halides is 1. The molecule has 1 aromatic carbocycles. The Balaban J connectivity index is 2.86. The third kappa shape index (κ3) is 1.33. The van der Waals surface area contributed by atoms with Gasteiger partial charge in [0.15, 0.2) is 0 Å². The first-order chi connectivity index (χ1) is 6.76. The summed E-state index contributed by atoms with van der Waals surface area (Å²) in [5, 5.41) is 10.5. The number of rotatable bonds is 1. The Morgan fingerprint density at radius 1 is 1.50 bits per heavy atom. The summed E-state index contributed by atoms with van der Waals surface area (Å²) < 4.78 is 1.02. The summed E-state index contributed by atoms with van der Waals surface area (Å²) in [7, 11) is 0. The van der Waals surface area contributed by atoms with E-state index in [1.165, 1.54) is 11.3 Å². The fourth-order valence-electron chi connectivity index (χ4n) is 1.40. The summed E-state index contributed by atoms with van der Waals surface area (Å²) in [5.74, 6) is 0.447. The Kier molecular flexibility index (Phi) is 2.32. The zero-order chi connectivity index (χ0) is 10.1. The van der Waals surface area contributed by atoms with Crippen molar-refractivity contribution in [2.45, 2.75) is 5.88 Å². The maximum Gasteiger partial charge on any atom is 0.0998 e. The molecule has 0 unspecified atom stereocenters. The molecule has 0 spiro atoms. The van der Waals surface area contributed by atoms with E-state index >= 15 is 0 Å². The van der Waals surface area contributed by atoms with Gasteiger partial charge < -0.3 is 5.73 Å². The Morgan fingerprint density at radius 3 is 2.93 bits per heavy atom. The van der Waals surface area contributed by atoms with Crippen LogP contribution in [0.1, 0.15) is 11.1 Å². The van der Waals surface area contributed by atoms with Crippen molar-refractivity contribution in [3.63, 3.8) is 0 Å². The largest absolute Gasteiger partial charge is 0.391 e. The van der Waals surface area contributed by atoms with E-state index in [2.05, 4.69) is 6.07 Å². The summed E-state index contributed by atoms with van der Waals surface area (Å²) in [6.45, 7) is 0. The fraction of sp³-hybridized carbons (Fsp3) is 0.100. The molecule has 4 heteroatoms. The minimum atomic E-state index is 0.447. The van der Waals surface area contributed by atoms with Crippen LogP contribution in [0.4, 0.5) is 5.00 Å². The number of nitriles is 1. The number of thiophene rings is 1. The second-order valence-electron chi connectivity index (χ2n) is 2.91. The van der Waals surface area contributed by atoms with E-state index in [4.69, 9.17) is 22.6 Å². The average molecular weight is 223 g/mol. The molecule has 14 heavy (non-hydrogen) atoms. The van der Waals surface area contributed by atoms with Gasteiger partial charge in [0.05, 0.1) is 16.6 Å². The minimum Gasteiger partial charge on any atom is -0.391 e. The standard InChI is InChI=1S/C10H7ClN2S/c11-4-6-1-2-7(5-12)8-3-9(13)14-10(6)8/h1-3H,4,13H2. The van der Waals surface area contributed by atoms with Gasteiger partial charge in [0, 0.05) is 16.0 Å². The van der Waals surface area contributed by atoms with Crippen molar-refractivity contribution in [1.82, 2.24) is 0 Å². The van der Waals surface area contributed by atoms with Crippen LogP contribution in [-0.4, -0.2) is 0 Å². The molecule has 0 saturated heterocycles. The number of nitrogen functional groups attached to an aromatic ring is 1. The Hall–Kier alpha value is -1.24. The number of nitrogens with zero attached hydrogens (tertiary/aromatic N) is 1. The topological polar surface area (TPSA) is 49.8 Å². The Labute approximate surface area is 90.5 Å². The molecule has 2 nitrogen and oxygen atoms in total. The van der Waals surface area contributed by atoms with E-state index in [1.54, 1.807) is 6.07 Å². The molecule has 2 aromatic rings. The molecule has 0 aliphatic carbocycles. The van der Waals surface area contributed by atoms with Gasteiger partial charge in [-0.15, -0.1) is 22.9 Å². The number of fused-ring (bicyclic) bond motifs is 1. The highest BCUT2D eigenvalue weighted by Gasteiger charge is 2.08. The summed E-state index contributed by atoms with van der Waals surface area (Å²) in [6, 6.07) is 7.63. The summed E-state index contributed by atoms with van der Waals surface area (Å²) in [5.41, 5.74) is 7.39. The van der Waals surface area contributed by atoms with E-state index < -0.39 is 0 Å². The molecule has 0 fully saturated rings. The van der Waals surface area contributed by atoms with Crippen LogP contribution in [0.2, 0.25) is 0 Å². The van der Waals surface area contributed by atoms with Gasteiger partial charge in [-0.1, -0.05) is 6.07 Å². The molecule has 0 aliphatic heterocycles. The SMILES string of the molecule is N#Cc1ccc(CCl)c2sc(N)cc12. The normalized spacial score (nSPS) is 10.3. The second kappa shape index (κ2) is 3.49. The second-order valence-corrected chi connectivity index (χ2v) is 4.26. The van der Waals surface area contributed by atoms with E-state index in [9.17, 15) is 0 Å². The number of benzene rings is 1. The van der Waals surface area contributed by atoms with Gasteiger partial charge in [0.2, 0.25) is 0 Å². The molecule has 0 bridgehead atoms. The summed E-state index contributed by atoms with van der Waals surface area (Å²) >= 11 is 7.27. The molecular weight excluding hydrogens is 216 g/mol. The van der Waals surface area contributed by atoms with Gasteiger partial charge >= 0.3 is 0 Å². The van der Waals surface area contributed by atoms with Crippen molar-refractivity contribution in [1.29, 1.82) is 5.26 Å². The third-order valence-corrected chi connectivity index (χ3v) is 3.38. The first kappa shape index (κ1) is 9.32. The predicted octanol–water partition coefficient (Wildman–Crippen LogP) is 3.09. The van der Waals surface area contributed by atoms with Crippen LogP contribution in [0, 0.1) is 11.3 Å². The number of nitrogens with two attached hydrogens (primary N) is 1. The zero-order valence-electron chi connectivity index (χ0n) is 7.25. The van der Waals surface area contributed by atoms with Gasteiger partial charge in [-0.2, -0.15) is 5.26 Å². The Bertz CT molecular complexity index is 525. The molecule has 1 aromatic heterocycles. The molecule has 0 saturated carbocycles. The fourth-order valence-corrected chi connectivity index (χ4v) is 2.67. The van der Waals surface area contributed by atoms with Crippen molar-refractivity contribution in [2.75, 3.05) is 5.73 Å². The smallest absolute Gasteiger partial charge is 0.0998 e. The van der Waals surface area contributed by atoms with Crippen LogP contribution >= 0.6 is 22.9 Å². The number of anilines is 1. The quantitative estimate of drug-likeness (QED) is 0.754. The van der Waals surface area contributed by atoms with Gasteiger partial charge in [-0.05, 0) is 17.7 Å². The van der Waals surface area contributed by atoms with E-state index in [0.29, 0.717) is 16.4 Å². The van der Waals surface area contributed by atoms with Crippen molar-refractivity contribution in [3.8, 4) is 6.07 Å². The zero-order valence-corrected chi connectivity index (χ0v) is 8.82. The van der Waals surface area contributed by atoms with Crippen LogP contribution in [0.5, 0.6) is 0 Å². The van der Waals surface area contributed by atoms with Crippen molar-refractivity contribution < 1.29 is 0 Å². The highest BCUT2D eigenvalue weighted by molar-refractivity contribution is 7.22. The Morgan fingerprint density at radius 2 is 2.29 bits per heavy atom. The number of hydrogen-bond donors (Lipinski definition) is 1. The first-order valence-corrected chi connectivity index (χ1v) is 5.38. The molecule has 2 N–H and O–H groups in total. The van der Waals surface area contributed by atoms with Gasteiger partial charge in [0.25, 0.3) is 0 Å².